The molecular formula is C16H22N2O. The van der Waals surface area contributed by atoms with Gasteiger partial charge in [-0.15, -0.1) is 0 Å². The van der Waals surface area contributed by atoms with Gasteiger partial charge in [-0.05, 0) is 37.3 Å². The highest BCUT2D eigenvalue weighted by Gasteiger charge is 2.26. The van der Waals surface area contributed by atoms with Gasteiger partial charge in [-0.2, -0.15) is 0 Å². The third-order valence-corrected chi connectivity index (χ3v) is 4.22. The average molecular weight is 258 g/mol. The number of carbonyl (C=O) groups is 1. The minimum Gasteiger partial charge on any atom is -0.324 e. The van der Waals surface area contributed by atoms with Gasteiger partial charge in [-0.3, -0.25) is 4.90 Å². The number of likely N-dealkylation sites (tertiary alicyclic amines) is 1. The lowest BCUT2D eigenvalue weighted by atomic mass is 10.0. The zero-order valence-electron chi connectivity index (χ0n) is 11.5. The summed E-state index contributed by atoms with van der Waals surface area (Å²) in [6.07, 6.45) is 7.01. The van der Waals surface area contributed by atoms with Gasteiger partial charge < -0.3 is 4.90 Å². The van der Waals surface area contributed by atoms with Crippen molar-refractivity contribution in [3.05, 3.63) is 29.8 Å². The number of hydrogen-bond acceptors (Lipinski definition) is 1. The highest BCUT2D eigenvalue weighted by Crippen LogP contribution is 2.28. The van der Waals surface area contributed by atoms with Crippen molar-refractivity contribution in [2.24, 2.45) is 0 Å². The molecule has 1 saturated heterocycles. The zero-order valence-corrected chi connectivity index (χ0v) is 11.5. The first-order chi connectivity index (χ1) is 9.36. The fraction of sp³-hybridized carbons (Fsp3) is 0.562. The first kappa shape index (κ1) is 12.5. The summed E-state index contributed by atoms with van der Waals surface area (Å²) >= 11 is 0. The van der Waals surface area contributed by atoms with Crippen LogP contribution in [0.1, 0.15) is 37.7 Å². The molecule has 2 amide bonds. The zero-order chi connectivity index (χ0) is 13.1. The number of nitrogens with zero attached hydrogens (tertiary/aromatic N) is 2. The van der Waals surface area contributed by atoms with E-state index in [0.29, 0.717) is 0 Å². The first-order valence-corrected chi connectivity index (χ1v) is 7.50. The Morgan fingerprint density at radius 3 is 2.42 bits per heavy atom. The van der Waals surface area contributed by atoms with Crippen LogP contribution < -0.4 is 4.90 Å². The molecule has 1 fully saturated rings. The summed E-state index contributed by atoms with van der Waals surface area (Å²) in [5.74, 6) is 0. The predicted octanol–water partition coefficient (Wildman–Crippen LogP) is 3.44. The summed E-state index contributed by atoms with van der Waals surface area (Å²) in [5.41, 5.74) is 2.44. The molecule has 0 unspecified atom stereocenters. The van der Waals surface area contributed by atoms with Crippen LogP contribution in [0.4, 0.5) is 10.5 Å². The van der Waals surface area contributed by atoms with E-state index in [1.807, 2.05) is 11.0 Å². The van der Waals surface area contributed by atoms with E-state index in [0.717, 1.165) is 51.0 Å². The highest BCUT2D eigenvalue weighted by molar-refractivity contribution is 5.93. The minimum atomic E-state index is 0.217. The van der Waals surface area contributed by atoms with Crippen LogP contribution in [0.3, 0.4) is 0 Å². The van der Waals surface area contributed by atoms with Crippen LogP contribution in [0, 0.1) is 0 Å². The minimum absolute atomic E-state index is 0.217. The molecule has 2 aliphatic rings. The summed E-state index contributed by atoms with van der Waals surface area (Å²) in [4.78, 5) is 16.8. The Morgan fingerprint density at radius 1 is 0.895 bits per heavy atom. The molecule has 2 heterocycles. The van der Waals surface area contributed by atoms with E-state index < -0.39 is 0 Å². The third-order valence-electron chi connectivity index (χ3n) is 4.22. The molecule has 19 heavy (non-hydrogen) atoms. The number of aryl methyl sites for hydroxylation is 1. The van der Waals surface area contributed by atoms with Crippen molar-refractivity contribution in [1.29, 1.82) is 0 Å². The van der Waals surface area contributed by atoms with Crippen molar-refractivity contribution in [3.63, 3.8) is 0 Å². The van der Waals surface area contributed by atoms with Gasteiger partial charge in [0.2, 0.25) is 0 Å². The Morgan fingerprint density at radius 2 is 1.63 bits per heavy atom. The third kappa shape index (κ3) is 2.60. The highest BCUT2D eigenvalue weighted by atomic mass is 16.2. The quantitative estimate of drug-likeness (QED) is 0.699. The van der Waals surface area contributed by atoms with Crippen LogP contribution >= 0.6 is 0 Å². The predicted molar refractivity (Wildman–Crippen MR) is 77.5 cm³/mol. The summed E-state index contributed by atoms with van der Waals surface area (Å²) in [6.45, 7) is 2.72. The van der Waals surface area contributed by atoms with Crippen LogP contribution in [0.2, 0.25) is 0 Å². The maximum atomic E-state index is 12.7. The van der Waals surface area contributed by atoms with E-state index in [4.69, 9.17) is 0 Å². The van der Waals surface area contributed by atoms with Crippen molar-refractivity contribution >= 4 is 11.7 Å². The summed E-state index contributed by atoms with van der Waals surface area (Å²) in [6, 6.07) is 8.56. The van der Waals surface area contributed by atoms with Crippen LogP contribution in [0.15, 0.2) is 24.3 Å². The van der Waals surface area contributed by atoms with Crippen LogP contribution in [0.5, 0.6) is 0 Å². The molecule has 1 aromatic rings. The topological polar surface area (TPSA) is 23.6 Å². The second-order valence-electron chi connectivity index (χ2n) is 5.57. The smallest absolute Gasteiger partial charge is 0.324 e. The Labute approximate surface area is 115 Å². The molecule has 0 aromatic heterocycles. The number of hydrogen-bond donors (Lipinski definition) is 0. The number of para-hydroxylation sites is 1. The average Bonchev–Trinajstić information content (AvgIpc) is 2.75. The van der Waals surface area contributed by atoms with Gasteiger partial charge in [0, 0.05) is 25.3 Å². The molecule has 3 nitrogen and oxygen atoms in total. The first-order valence-electron chi connectivity index (χ1n) is 7.50. The van der Waals surface area contributed by atoms with E-state index in [-0.39, 0.29) is 6.03 Å². The van der Waals surface area contributed by atoms with E-state index >= 15 is 0 Å². The van der Waals surface area contributed by atoms with E-state index in [1.54, 1.807) is 0 Å². The molecule has 2 aliphatic heterocycles. The molecule has 3 rings (SSSR count). The van der Waals surface area contributed by atoms with Gasteiger partial charge in [0.25, 0.3) is 0 Å². The van der Waals surface area contributed by atoms with E-state index in [1.165, 1.54) is 18.4 Å². The molecule has 0 saturated carbocycles. The Bertz CT molecular complexity index is 450. The summed E-state index contributed by atoms with van der Waals surface area (Å²) in [5, 5.41) is 0. The molecule has 3 heteroatoms. The number of amides is 2. The molecular weight excluding hydrogens is 236 g/mol. The number of benzene rings is 1. The van der Waals surface area contributed by atoms with Crippen molar-refractivity contribution in [3.8, 4) is 0 Å². The molecule has 0 N–H and O–H groups in total. The second-order valence-corrected chi connectivity index (χ2v) is 5.57. The van der Waals surface area contributed by atoms with Crippen molar-refractivity contribution in [2.45, 2.75) is 38.5 Å². The number of carbonyl (C=O) groups excluding carboxylic acids is 1. The fourth-order valence-corrected chi connectivity index (χ4v) is 3.16. The lowest BCUT2D eigenvalue weighted by molar-refractivity contribution is 0.206. The number of anilines is 1. The summed E-state index contributed by atoms with van der Waals surface area (Å²) in [7, 11) is 0. The molecule has 0 aliphatic carbocycles. The van der Waals surface area contributed by atoms with Gasteiger partial charge in [0.15, 0.2) is 0 Å². The van der Waals surface area contributed by atoms with Crippen molar-refractivity contribution in [1.82, 2.24) is 4.90 Å². The summed E-state index contributed by atoms with van der Waals surface area (Å²) < 4.78 is 0. The molecule has 0 atom stereocenters. The maximum Gasteiger partial charge on any atom is 0.324 e. The molecule has 0 bridgehead atoms. The van der Waals surface area contributed by atoms with Crippen LogP contribution in [-0.2, 0) is 6.42 Å². The lowest BCUT2D eigenvalue weighted by Crippen LogP contribution is -2.45. The number of fused-ring (bicyclic) bond motifs is 1. The standard InChI is InChI=1S/C16H22N2O/c19-16(17-11-5-1-2-6-12-17)18-13-7-9-14-8-3-4-10-15(14)18/h3-4,8,10H,1-2,5-7,9,11-13H2. The van der Waals surface area contributed by atoms with Gasteiger partial charge >= 0.3 is 6.03 Å². The fourth-order valence-electron chi connectivity index (χ4n) is 3.16. The molecule has 0 radical (unpaired) electrons. The molecule has 1 aromatic carbocycles. The number of urea groups is 1. The van der Waals surface area contributed by atoms with Gasteiger partial charge in [0.1, 0.15) is 0 Å². The van der Waals surface area contributed by atoms with Gasteiger partial charge in [-0.25, -0.2) is 4.79 Å². The van der Waals surface area contributed by atoms with E-state index in [2.05, 4.69) is 23.1 Å². The second kappa shape index (κ2) is 5.64. The SMILES string of the molecule is O=C(N1CCCCCC1)N1CCCc2ccccc21. The number of rotatable bonds is 0. The largest absolute Gasteiger partial charge is 0.324 e. The van der Waals surface area contributed by atoms with Crippen molar-refractivity contribution < 1.29 is 4.79 Å². The Kier molecular flexibility index (Phi) is 3.72. The molecule has 0 spiro atoms. The lowest BCUT2D eigenvalue weighted by Gasteiger charge is -2.34. The van der Waals surface area contributed by atoms with Crippen molar-refractivity contribution in [2.75, 3.05) is 24.5 Å². The van der Waals surface area contributed by atoms with Gasteiger partial charge in [-0.1, -0.05) is 31.0 Å². The van der Waals surface area contributed by atoms with E-state index in [9.17, 15) is 4.79 Å². The normalized spacial score (nSPS) is 19.8. The molecule has 102 valence electrons. The maximum absolute atomic E-state index is 12.7. The Balaban J connectivity index is 1.80. The van der Waals surface area contributed by atoms with Crippen LogP contribution in [-0.4, -0.2) is 30.6 Å². The monoisotopic (exact) mass is 258 g/mol. The van der Waals surface area contributed by atoms with Gasteiger partial charge in [0.05, 0.1) is 0 Å². The Hall–Kier alpha value is -1.51. The van der Waals surface area contributed by atoms with Crippen LogP contribution in [0.25, 0.3) is 0 Å².